The van der Waals surface area contributed by atoms with Crippen molar-refractivity contribution in [3.05, 3.63) is 246 Å². The lowest BCUT2D eigenvalue weighted by Crippen LogP contribution is -2.25. The van der Waals surface area contributed by atoms with E-state index in [1.54, 1.807) is 0 Å². The molecule has 0 N–H and O–H groups in total. The molecule has 2 nitrogen and oxygen atoms in total. The molecule has 0 aliphatic heterocycles. The van der Waals surface area contributed by atoms with Crippen molar-refractivity contribution in [1.82, 2.24) is 0 Å². The van der Waals surface area contributed by atoms with Crippen LogP contribution in [0.4, 0.5) is 28.4 Å². The highest BCUT2D eigenvalue weighted by molar-refractivity contribution is 7.20. The molecule has 1 spiro atoms. The van der Waals surface area contributed by atoms with Gasteiger partial charge in [-0.3, -0.25) is 0 Å². The monoisotopic (exact) mass is 784 g/mol. The number of rotatable bonds is 7. The summed E-state index contributed by atoms with van der Waals surface area (Å²) in [4.78, 5) is 6.27. The second-order valence-corrected chi connectivity index (χ2v) is 17.0. The van der Waals surface area contributed by atoms with Crippen LogP contribution in [-0.4, -0.2) is 0 Å². The van der Waals surface area contributed by atoms with Gasteiger partial charge in [-0.25, -0.2) is 0 Å². The Morgan fingerprint density at radius 1 is 0.450 bits per heavy atom. The summed E-state index contributed by atoms with van der Waals surface area (Å²) in [7, 11) is 0. The highest BCUT2D eigenvalue weighted by Crippen LogP contribution is 2.68. The van der Waals surface area contributed by atoms with Gasteiger partial charge in [0.25, 0.3) is 0 Å². The molecule has 3 aliphatic carbocycles. The fourth-order valence-corrected chi connectivity index (χ4v) is 11.6. The van der Waals surface area contributed by atoms with Crippen LogP contribution in [0.1, 0.15) is 34.4 Å². The quantitative estimate of drug-likeness (QED) is 0.159. The third-order valence-corrected chi connectivity index (χ3v) is 14.0. The Morgan fingerprint density at radius 3 is 1.77 bits per heavy atom. The first-order valence-corrected chi connectivity index (χ1v) is 21.7. The Labute approximate surface area is 355 Å². The standard InChI is InChI=1S/C57H40N2S/c1-5-18-41(19-6-1)58(42-20-7-2-8-21-42)45-35-32-39(33-36-45)40-34-37-50-48(38-40)46-26-13-15-28-49(46)57(50)51-29-17-30-52(55(51)54-47-27-14-16-31-53(47)60-56(54)57)59(43-22-9-3-10-23-43)44-24-11-4-12-25-44/h1-11,13-24,26-38H,12,25H2. The van der Waals surface area contributed by atoms with E-state index in [-0.39, 0.29) is 0 Å². The van der Waals surface area contributed by atoms with Gasteiger partial charge in [0.05, 0.1) is 11.1 Å². The zero-order valence-corrected chi connectivity index (χ0v) is 33.8. The first-order chi connectivity index (χ1) is 29.8. The van der Waals surface area contributed by atoms with Crippen molar-refractivity contribution in [2.75, 3.05) is 9.80 Å². The number of benzene rings is 8. The molecule has 9 aromatic rings. The summed E-state index contributed by atoms with van der Waals surface area (Å²) in [6.45, 7) is 0. The number of fused-ring (bicyclic) bond motifs is 12. The van der Waals surface area contributed by atoms with Crippen molar-refractivity contribution in [1.29, 1.82) is 0 Å². The van der Waals surface area contributed by atoms with E-state index in [9.17, 15) is 0 Å². The first-order valence-electron chi connectivity index (χ1n) is 20.9. The molecule has 0 radical (unpaired) electrons. The van der Waals surface area contributed by atoms with Gasteiger partial charge in [-0.2, -0.15) is 0 Å². The smallest absolute Gasteiger partial charge is 0.0820 e. The zero-order chi connectivity index (χ0) is 39.6. The SMILES string of the molecule is C1=CCCC(N(c2ccccc2)c2cccc3c2-c2c(sc4ccccc24)C32c3ccccc3-c3cc(-c4ccc(N(c5ccccc5)c5ccccc5)cc4)ccc32)=C1. The van der Waals surface area contributed by atoms with Gasteiger partial charge in [-0.05, 0) is 125 Å². The maximum Gasteiger partial charge on any atom is 0.0820 e. The van der Waals surface area contributed by atoms with Crippen LogP contribution in [0.25, 0.3) is 43.5 Å². The number of allylic oxidation sites excluding steroid dienone is 4. The van der Waals surface area contributed by atoms with Gasteiger partial charge in [-0.1, -0.05) is 146 Å². The van der Waals surface area contributed by atoms with Crippen molar-refractivity contribution in [2.45, 2.75) is 18.3 Å². The number of thiophene rings is 1. The molecule has 1 aromatic heterocycles. The number of anilines is 5. The lowest BCUT2D eigenvalue weighted by atomic mass is 9.73. The predicted molar refractivity (Wildman–Crippen MR) is 253 cm³/mol. The third kappa shape index (κ3) is 5.19. The van der Waals surface area contributed by atoms with E-state index in [0.717, 1.165) is 29.9 Å². The fraction of sp³-hybridized carbons (Fsp3) is 0.0526. The minimum atomic E-state index is -0.451. The molecule has 3 heteroatoms. The lowest BCUT2D eigenvalue weighted by Gasteiger charge is -2.33. The van der Waals surface area contributed by atoms with Gasteiger partial charge >= 0.3 is 0 Å². The molecule has 60 heavy (non-hydrogen) atoms. The number of hydrogen-bond donors (Lipinski definition) is 0. The summed E-state index contributed by atoms with van der Waals surface area (Å²) in [5, 5.41) is 1.33. The topological polar surface area (TPSA) is 6.48 Å². The van der Waals surface area contributed by atoms with Crippen LogP contribution in [0.2, 0.25) is 0 Å². The molecule has 1 heterocycles. The van der Waals surface area contributed by atoms with E-state index >= 15 is 0 Å². The first kappa shape index (κ1) is 34.8. The highest BCUT2D eigenvalue weighted by Gasteiger charge is 2.54. The molecule has 1 atom stereocenters. The molecule has 3 aliphatic rings. The van der Waals surface area contributed by atoms with E-state index in [1.165, 1.54) is 82.1 Å². The normalized spacial score (nSPS) is 15.6. The molecule has 8 aromatic carbocycles. The fourth-order valence-electron chi connectivity index (χ4n) is 10.2. The van der Waals surface area contributed by atoms with Crippen molar-refractivity contribution in [3.63, 3.8) is 0 Å². The van der Waals surface area contributed by atoms with Crippen molar-refractivity contribution >= 4 is 49.9 Å². The summed E-state index contributed by atoms with van der Waals surface area (Å²) < 4.78 is 1.33. The minimum Gasteiger partial charge on any atom is -0.314 e. The summed E-state index contributed by atoms with van der Waals surface area (Å²) >= 11 is 1.97. The van der Waals surface area contributed by atoms with Gasteiger partial charge in [0.1, 0.15) is 0 Å². The maximum atomic E-state index is 2.53. The van der Waals surface area contributed by atoms with E-state index < -0.39 is 5.41 Å². The zero-order valence-electron chi connectivity index (χ0n) is 33.0. The van der Waals surface area contributed by atoms with Crippen molar-refractivity contribution < 1.29 is 0 Å². The van der Waals surface area contributed by atoms with Gasteiger partial charge in [0, 0.05) is 54.5 Å². The average molecular weight is 785 g/mol. The Bertz CT molecular complexity index is 3100. The Kier molecular flexibility index (Phi) is 8.11. The average Bonchev–Trinajstić information content (AvgIpc) is 3.95. The predicted octanol–water partition coefficient (Wildman–Crippen LogP) is 15.8. The summed E-state index contributed by atoms with van der Waals surface area (Å²) in [6, 6.07) is 73.8. The van der Waals surface area contributed by atoms with E-state index in [0.29, 0.717) is 0 Å². The van der Waals surface area contributed by atoms with E-state index in [1.807, 2.05) is 11.3 Å². The molecule has 0 amide bonds. The molecule has 284 valence electrons. The highest BCUT2D eigenvalue weighted by atomic mass is 32.1. The minimum absolute atomic E-state index is 0.451. The lowest BCUT2D eigenvalue weighted by molar-refractivity contribution is 0.811. The molecule has 0 bridgehead atoms. The number of para-hydroxylation sites is 3. The van der Waals surface area contributed by atoms with Crippen LogP contribution in [0.3, 0.4) is 0 Å². The van der Waals surface area contributed by atoms with Gasteiger partial charge < -0.3 is 9.80 Å². The summed E-state index contributed by atoms with van der Waals surface area (Å²) in [5.41, 5.74) is 18.5. The summed E-state index contributed by atoms with van der Waals surface area (Å²) in [6.07, 6.45) is 8.83. The van der Waals surface area contributed by atoms with Crippen LogP contribution in [0.15, 0.2) is 224 Å². The van der Waals surface area contributed by atoms with Crippen LogP contribution < -0.4 is 9.80 Å². The summed E-state index contributed by atoms with van der Waals surface area (Å²) in [5.74, 6) is 0. The number of nitrogens with zero attached hydrogens (tertiary/aromatic N) is 2. The van der Waals surface area contributed by atoms with Crippen LogP contribution >= 0.6 is 11.3 Å². The van der Waals surface area contributed by atoms with Crippen molar-refractivity contribution in [2.24, 2.45) is 0 Å². The molecule has 1 unspecified atom stereocenters. The molecule has 0 saturated carbocycles. The number of hydrogen-bond acceptors (Lipinski definition) is 3. The van der Waals surface area contributed by atoms with Crippen LogP contribution in [0.5, 0.6) is 0 Å². The molecular weight excluding hydrogens is 745 g/mol. The van der Waals surface area contributed by atoms with Crippen LogP contribution in [0, 0.1) is 0 Å². The maximum absolute atomic E-state index is 2.53. The van der Waals surface area contributed by atoms with Crippen molar-refractivity contribution in [3.8, 4) is 33.4 Å². The van der Waals surface area contributed by atoms with Gasteiger partial charge in [-0.15, -0.1) is 11.3 Å². The molecular formula is C57H40N2S. The molecule has 12 rings (SSSR count). The van der Waals surface area contributed by atoms with E-state index in [4.69, 9.17) is 0 Å². The second-order valence-electron chi connectivity index (χ2n) is 15.9. The van der Waals surface area contributed by atoms with E-state index in [2.05, 4.69) is 228 Å². The Morgan fingerprint density at radius 2 is 1.05 bits per heavy atom. The molecule has 0 saturated heterocycles. The van der Waals surface area contributed by atoms with Crippen LogP contribution in [-0.2, 0) is 5.41 Å². The second kappa shape index (κ2) is 14.0. The van der Waals surface area contributed by atoms with Gasteiger partial charge in [0.15, 0.2) is 0 Å². The largest absolute Gasteiger partial charge is 0.314 e. The third-order valence-electron chi connectivity index (χ3n) is 12.7. The Balaban J connectivity index is 1.05. The molecule has 0 fully saturated rings. The Hall–Kier alpha value is -7.20. The van der Waals surface area contributed by atoms with Gasteiger partial charge in [0.2, 0.25) is 0 Å².